The van der Waals surface area contributed by atoms with Crippen LogP contribution in [-0.4, -0.2) is 24.8 Å². The summed E-state index contributed by atoms with van der Waals surface area (Å²) >= 11 is 5.83. The average molecular weight is 315 g/mol. The number of nitriles is 1. The van der Waals surface area contributed by atoms with Crippen molar-refractivity contribution in [3.63, 3.8) is 0 Å². The van der Waals surface area contributed by atoms with Gasteiger partial charge in [0.2, 0.25) is 0 Å². The van der Waals surface area contributed by atoms with E-state index in [0.717, 1.165) is 0 Å². The maximum atomic E-state index is 11.6. The molecule has 0 bridgehead atoms. The molecule has 0 aromatic heterocycles. The monoisotopic (exact) mass is 314 g/mol. The van der Waals surface area contributed by atoms with Gasteiger partial charge >= 0.3 is 0 Å². The first kappa shape index (κ1) is 14.8. The first-order valence-electron chi connectivity index (χ1n) is 5.81. The number of benzene rings is 1. The minimum atomic E-state index is -3.25. The van der Waals surface area contributed by atoms with E-state index in [4.69, 9.17) is 11.6 Å². The fraction of sp³-hybridized carbons (Fsp3) is 0.417. The summed E-state index contributed by atoms with van der Waals surface area (Å²) in [5, 5.41) is 20.6. The van der Waals surface area contributed by atoms with Crippen molar-refractivity contribution in [2.24, 2.45) is 5.41 Å². The standard InChI is InChI=1S/C12H11ClN2O4S/c13-10-1-2-11(15(16)17)9(5-10)6-12(7-14)3-4-20(18,19)8-12/h1-2,5H,3-4,6,8H2. The molecule has 1 aromatic carbocycles. The molecule has 0 spiro atoms. The van der Waals surface area contributed by atoms with Gasteiger partial charge in [0.1, 0.15) is 0 Å². The molecule has 2 rings (SSSR count). The van der Waals surface area contributed by atoms with Crippen LogP contribution in [0.3, 0.4) is 0 Å². The summed E-state index contributed by atoms with van der Waals surface area (Å²) < 4.78 is 23.1. The molecule has 0 amide bonds. The zero-order valence-electron chi connectivity index (χ0n) is 10.4. The van der Waals surface area contributed by atoms with E-state index in [1.807, 2.05) is 6.07 Å². The molecular formula is C12H11ClN2O4S. The zero-order valence-corrected chi connectivity index (χ0v) is 11.9. The lowest BCUT2D eigenvalue weighted by atomic mass is 9.82. The predicted octanol–water partition coefficient (Wildman–Crippen LogP) is 2.12. The SMILES string of the molecule is N#CC1(Cc2cc(Cl)ccc2[N+](=O)[O-])CCS(=O)(=O)C1. The minimum Gasteiger partial charge on any atom is -0.258 e. The quantitative estimate of drug-likeness (QED) is 0.628. The lowest BCUT2D eigenvalue weighted by Crippen LogP contribution is -2.23. The minimum absolute atomic E-state index is 0.0135. The number of nitrogens with zero attached hydrogens (tertiary/aromatic N) is 2. The second-order valence-corrected chi connectivity index (χ2v) is 7.56. The molecule has 1 aliphatic rings. The number of nitro groups is 1. The molecule has 1 atom stereocenters. The number of nitro benzene ring substituents is 1. The largest absolute Gasteiger partial charge is 0.272 e. The van der Waals surface area contributed by atoms with E-state index in [1.165, 1.54) is 18.2 Å². The van der Waals surface area contributed by atoms with Crippen LogP contribution in [0.15, 0.2) is 18.2 Å². The van der Waals surface area contributed by atoms with E-state index in [9.17, 15) is 23.8 Å². The Labute approximate surface area is 121 Å². The maximum absolute atomic E-state index is 11.6. The highest BCUT2D eigenvalue weighted by Gasteiger charge is 2.43. The first-order chi connectivity index (χ1) is 9.27. The highest BCUT2D eigenvalue weighted by atomic mass is 35.5. The summed E-state index contributed by atoms with van der Waals surface area (Å²) in [5.74, 6) is -0.324. The second kappa shape index (κ2) is 5.04. The smallest absolute Gasteiger partial charge is 0.258 e. The first-order valence-corrected chi connectivity index (χ1v) is 8.01. The third kappa shape index (κ3) is 2.92. The molecule has 1 unspecified atom stereocenters. The van der Waals surface area contributed by atoms with E-state index < -0.39 is 20.2 Å². The Bertz CT molecular complexity index is 711. The molecule has 0 N–H and O–H groups in total. The van der Waals surface area contributed by atoms with Gasteiger partial charge in [0.25, 0.3) is 5.69 Å². The number of hydrogen-bond donors (Lipinski definition) is 0. The van der Waals surface area contributed by atoms with Gasteiger partial charge in [-0.3, -0.25) is 10.1 Å². The third-order valence-corrected chi connectivity index (χ3v) is 5.45. The Morgan fingerprint density at radius 3 is 2.70 bits per heavy atom. The Morgan fingerprint density at radius 1 is 1.50 bits per heavy atom. The maximum Gasteiger partial charge on any atom is 0.272 e. The van der Waals surface area contributed by atoms with Crippen LogP contribution in [-0.2, 0) is 16.3 Å². The van der Waals surface area contributed by atoms with Crippen molar-refractivity contribution >= 4 is 27.1 Å². The third-order valence-electron chi connectivity index (χ3n) is 3.39. The van der Waals surface area contributed by atoms with Gasteiger partial charge < -0.3 is 0 Å². The Balaban J connectivity index is 2.41. The summed E-state index contributed by atoms with van der Waals surface area (Å²) in [6, 6.07) is 6.11. The highest BCUT2D eigenvalue weighted by molar-refractivity contribution is 7.91. The van der Waals surface area contributed by atoms with Crippen molar-refractivity contribution in [2.45, 2.75) is 12.8 Å². The van der Waals surface area contributed by atoms with Crippen LogP contribution in [0.4, 0.5) is 5.69 Å². The summed E-state index contributed by atoms with van der Waals surface area (Å²) in [6.07, 6.45) is 0.203. The lowest BCUT2D eigenvalue weighted by Gasteiger charge is -2.18. The van der Waals surface area contributed by atoms with Crippen LogP contribution in [0.5, 0.6) is 0 Å². The van der Waals surface area contributed by atoms with Crippen molar-refractivity contribution < 1.29 is 13.3 Å². The number of sulfone groups is 1. The number of halogens is 1. The van der Waals surface area contributed by atoms with Gasteiger partial charge in [-0.1, -0.05) is 11.6 Å². The van der Waals surface area contributed by atoms with Crippen LogP contribution in [0.1, 0.15) is 12.0 Å². The van der Waals surface area contributed by atoms with Crippen LogP contribution in [0, 0.1) is 26.9 Å². The summed E-state index contributed by atoms with van der Waals surface area (Å²) in [4.78, 5) is 10.4. The molecule has 1 aromatic rings. The highest BCUT2D eigenvalue weighted by Crippen LogP contribution is 2.38. The molecule has 6 nitrogen and oxygen atoms in total. The normalized spacial score (nSPS) is 24.2. The molecule has 0 aliphatic carbocycles. The van der Waals surface area contributed by atoms with Gasteiger partial charge in [-0.25, -0.2) is 8.42 Å². The van der Waals surface area contributed by atoms with E-state index in [0.29, 0.717) is 10.6 Å². The Morgan fingerprint density at radius 2 is 2.20 bits per heavy atom. The molecular weight excluding hydrogens is 304 g/mol. The van der Waals surface area contributed by atoms with E-state index in [-0.39, 0.29) is 30.0 Å². The van der Waals surface area contributed by atoms with Crippen LogP contribution in [0.25, 0.3) is 0 Å². The molecule has 8 heteroatoms. The number of hydrogen-bond acceptors (Lipinski definition) is 5. The molecule has 0 saturated carbocycles. The van der Waals surface area contributed by atoms with Gasteiger partial charge in [-0.05, 0) is 25.0 Å². The Hall–Kier alpha value is -1.65. The molecule has 1 fully saturated rings. The van der Waals surface area contributed by atoms with Gasteiger partial charge in [0.05, 0.1) is 27.9 Å². The van der Waals surface area contributed by atoms with Gasteiger partial charge in [-0.15, -0.1) is 0 Å². The van der Waals surface area contributed by atoms with Gasteiger partial charge in [-0.2, -0.15) is 5.26 Å². The molecule has 20 heavy (non-hydrogen) atoms. The molecule has 106 valence electrons. The van der Waals surface area contributed by atoms with Crippen LogP contribution in [0.2, 0.25) is 5.02 Å². The average Bonchev–Trinajstić information content (AvgIpc) is 2.65. The van der Waals surface area contributed by atoms with Crippen molar-refractivity contribution in [1.82, 2.24) is 0 Å². The molecule has 1 saturated heterocycles. The zero-order chi connectivity index (χ0) is 15.0. The van der Waals surface area contributed by atoms with E-state index in [2.05, 4.69) is 0 Å². The predicted molar refractivity (Wildman–Crippen MR) is 73.1 cm³/mol. The molecule has 1 heterocycles. The van der Waals surface area contributed by atoms with Crippen molar-refractivity contribution in [3.05, 3.63) is 38.9 Å². The van der Waals surface area contributed by atoms with Crippen LogP contribution < -0.4 is 0 Å². The lowest BCUT2D eigenvalue weighted by molar-refractivity contribution is -0.385. The van der Waals surface area contributed by atoms with Crippen molar-refractivity contribution in [3.8, 4) is 6.07 Å². The number of rotatable bonds is 3. The fourth-order valence-electron chi connectivity index (χ4n) is 2.42. The topological polar surface area (TPSA) is 101 Å². The van der Waals surface area contributed by atoms with E-state index >= 15 is 0 Å². The van der Waals surface area contributed by atoms with E-state index in [1.54, 1.807) is 0 Å². The fourth-order valence-corrected chi connectivity index (χ4v) is 4.62. The Kier molecular flexibility index (Phi) is 3.71. The van der Waals surface area contributed by atoms with Crippen molar-refractivity contribution in [1.29, 1.82) is 5.26 Å². The van der Waals surface area contributed by atoms with Crippen LogP contribution >= 0.6 is 11.6 Å². The van der Waals surface area contributed by atoms with Gasteiger partial charge in [0, 0.05) is 16.7 Å². The van der Waals surface area contributed by atoms with Crippen molar-refractivity contribution in [2.75, 3.05) is 11.5 Å². The summed E-state index contributed by atoms with van der Waals surface area (Å²) in [7, 11) is -3.25. The van der Waals surface area contributed by atoms with Gasteiger partial charge in [0.15, 0.2) is 9.84 Å². The molecule has 1 aliphatic heterocycles. The summed E-state index contributed by atoms with van der Waals surface area (Å²) in [6.45, 7) is 0. The second-order valence-electron chi connectivity index (χ2n) is 4.94. The molecule has 0 radical (unpaired) electrons. The summed E-state index contributed by atoms with van der Waals surface area (Å²) in [5.41, 5.74) is -0.955.